The smallest absolute Gasteiger partial charge is 0.286 e. The summed E-state index contributed by atoms with van der Waals surface area (Å²) in [6, 6.07) is 13.9. The summed E-state index contributed by atoms with van der Waals surface area (Å²) >= 11 is 0. The molecule has 3 heterocycles. The summed E-state index contributed by atoms with van der Waals surface area (Å²) in [6.07, 6.45) is 5.88. The van der Waals surface area contributed by atoms with Crippen LogP contribution in [-0.4, -0.2) is 29.3 Å². The molecule has 2 aliphatic rings. The number of hydrogen-bond donors (Lipinski definition) is 2. The Morgan fingerprint density at radius 3 is 2.79 bits per heavy atom. The molecule has 0 radical (unpaired) electrons. The first-order valence-corrected chi connectivity index (χ1v) is 7.69. The SMILES string of the molecule is NC1=N[N+]2(NCCc3ccccc3)C=NC(c3ccco3)=NC2=C1. The van der Waals surface area contributed by atoms with Crippen molar-refractivity contribution in [1.82, 2.24) is 5.43 Å². The lowest BCUT2D eigenvalue weighted by molar-refractivity contribution is -0.849. The number of aliphatic imine (C=N–C) groups is 2. The first kappa shape index (κ1) is 14.6. The number of nitrogens with one attached hydrogen (secondary N) is 1. The molecule has 7 nitrogen and oxygen atoms in total. The van der Waals surface area contributed by atoms with Crippen molar-refractivity contribution in [3.8, 4) is 0 Å². The topological polar surface area (TPSA) is 88.3 Å². The van der Waals surface area contributed by atoms with E-state index in [0.29, 0.717) is 29.8 Å². The molecule has 1 atom stereocenters. The van der Waals surface area contributed by atoms with Gasteiger partial charge in [0.05, 0.1) is 18.9 Å². The van der Waals surface area contributed by atoms with Crippen molar-refractivity contribution in [3.63, 3.8) is 0 Å². The highest BCUT2D eigenvalue weighted by Gasteiger charge is 2.41. The van der Waals surface area contributed by atoms with Crippen molar-refractivity contribution in [2.75, 3.05) is 6.54 Å². The summed E-state index contributed by atoms with van der Waals surface area (Å²) in [4.78, 5) is 8.92. The molecule has 24 heavy (non-hydrogen) atoms. The lowest BCUT2D eigenvalue weighted by Crippen LogP contribution is -2.52. The lowest BCUT2D eigenvalue weighted by Gasteiger charge is -2.25. The van der Waals surface area contributed by atoms with E-state index in [1.165, 1.54) is 5.56 Å². The molecule has 2 aliphatic heterocycles. The van der Waals surface area contributed by atoms with Crippen LogP contribution in [0.5, 0.6) is 0 Å². The zero-order valence-corrected chi connectivity index (χ0v) is 13.0. The monoisotopic (exact) mass is 321 g/mol. The highest BCUT2D eigenvalue weighted by atomic mass is 16.3. The van der Waals surface area contributed by atoms with E-state index in [9.17, 15) is 0 Å². The fraction of sp³-hybridized carbons (Fsp3) is 0.118. The minimum Gasteiger partial charge on any atom is -0.461 e. The molecule has 1 aromatic carbocycles. The summed E-state index contributed by atoms with van der Waals surface area (Å²) in [5.74, 6) is 2.20. The molecule has 0 saturated carbocycles. The number of nitrogens with two attached hydrogens (primary N) is 1. The van der Waals surface area contributed by atoms with E-state index < -0.39 is 0 Å². The second kappa shape index (κ2) is 5.88. The summed E-state index contributed by atoms with van der Waals surface area (Å²) in [5, 5.41) is 4.43. The van der Waals surface area contributed by atoms with Gasteiger partial charge in [0.15, 0.2) is 11.6 Å². The molecule has 120 valence electrons. The molecular weight excluding hydrogens is 304 g/mol. The Morgan fingerprint density at radius 1 is 1.12 bits per heavy atom. The molecule has 4 rings (SSSR count). The van der Waals surface area contributed by atoms with Crippen molar-refractivity contribution in [2.45, 2.75) is 6.42 Å². The van der Waals surface area contributed by atoms with E-state index in [0.717, 1.165) is 6.42 Å². The normalized spacial score (nSPS) is 21.9. The van der Waals surface area contributed by atoms with Crippen molar-refractivity contribution < 1.29 is 9.12 Å². The summed E-state index contributed by atoms with van der Waals surface area (Å²) < 4.78 is 5.33. The van der Waals surface area contributed by atoms with Crippen LogP contribution in [0.25, 0.3) is 0 Å². The minimum absolute atomic E-state index is 0.0249. The number of hydrogen-bond acceptors (Lipinski definition) is 6. The maximum Gasteiger partial charge on any atom is 0.286 e. The predicted molar refractivity (Wildman–Crippen MR) is 91.9 cm³/mol. The van der Waals surface area contributed by atoms with Crippen LogP contribution in [0.3, 0.4) is 0 Å². The van der Waals surface area contributed by atoms with E-state index in [1.807, 2.05) is 24.3 Å². The van der Waals surface area contributed by atoms with Gasteiger partial charge < -0.3 is 10.2 Å². The number of amidine groups is 2. The van der Waals surface area contributed by atoms with Gasteiger partial charge in [0, 0.05) is 0 Å². The third kappa shape index (κ3) is 2.66. The van der Waals surface area contributed by atoms with Gasteiger partial charge in [-0.1, -0.05) is 30.3 Å². The van der Waals surface area contributed by atoms with Crippen LogP contribution in [0.2, 0.25) is 0 Å². The van der Waals surface area contributed by atoms with Gasteiger partial charge in [0.2, 0.25) is 12.2 Å². The molecular formula is C17H17N6O+. The number of benzene rings is 1. The largest absolute Gasteiger partial charge is 0.461 e. The Kier molecular flexibility index (Phi) is 3.56. The predicted octanol–water partition coefficient (Wildman–Crippen LogP) is 1.76. The zero-order valence-electron chi connectivity index (χ0n) is 13.0. The van der Waals surface area contributed by atoms with Crippen molar-refractivity contribution >= 4 is 18.0 Å². The van der Waals surface area contributed by atoms with Crippen molar-refractivity contribution in [2.24, 2.45) is 20.8 Å². The highest BCUT2D eigenvalue weighted by molar-refractivity contribution is 6.03. The third-order valence-corrected chi connectivity index (χ3v) is 3.82. The molecule has 0 aliphatic carbocycles. The summed E-state index contributed by atoms with van der Waals surface area (Å²) in [5.41, 5.74) is 10.5. The Hall–Kier alpha value is -3.03. The van der Waals surface area contributed by atoms with E-state index in [-0.39, 0.29) is 4.70 Å². The van der Waals surface area contributed by atoms with Gasteiger partial charge in [-0.05, 0) is 33.9 Å². The van der Waals surface area contributed by atoms with Crippen LogP contribution in [0.4, 0.5) is 0 Å². The number of rotatable bonds is 5. The van der Waals surface area contributed by atoms with Crippen LogP contribution < -0.4 is 11.2 Å². The third-order valence-electron chi connectivity index (χ3n) is 3.82. The second-order valence-electron chi connectivity index (χ2n) is 5.51. The standard InChI is InChI=1S/C17H17N6O/c18-15-11-16-21-17(14-7-4-10-24-14)19-12-23(16,22-15)20-9-8-13-5-2-1-3-6-13/h1-7,10-12,20H,8-9H2,(H2,18,22)/q+1. The van der Waals surface area contributed by atoms with Gasteiger partial charge in [0.25, 0.3) is 5.82 Å². The molecule has 2 aromatic rings. The molecule has 0 saturated heterocycles. The summed E-state index contributed by atoms with van der Waals surface area (Å²) in [6.45, 7) is 0.704. The molecule has 1 unspecified atom stereocenters. The number of nitrogens with zero attached hydrogens (tertiary/aromatic N) is 4. The van der Waals surface area contributed by atoms with E-state index in [1.54, 1.807) is 24.7 Å². The Bertz CT molecular complexity index is 850. The average molecular weight is 321 g/mol. The first-order chi connectivity index (χ1) is 11.8. The van der Waals surface area contributed by atoms with Crippen LogP contribution in [-0.2, 0) is 6.42 Å². The van der Waals surface area contributed by atoms with E-state index in [4.69, 9.17) is 10.2 Å². The number of furan rings is 1. The first-order valence-electron chi connectivity index (χ1n) is 7.69. The lowest BCUT2D eigenvalue weighted by atomic mass is 10.2. The Labute approximate surface area is 139 Å². The van der Waals surface area contributed by atoms with Crippen molar-refractivity contribution in [1.29, 1.82) is 0 Å². The van der Waals surface area contributed by atoms with Gasteiger partial charge in [-0.25, -0.2) is 0 Å². The molecule has 0 bridgehead atoms. The van der Waals surface area contributed by atoms with Gasteiger partial charge in [0.1, 0.15) is 0 Å². The molecule has 0 fully saturated rings. The Balaban J connectivity index is 1.52. The average Bonchev–Trinajstić information content (AvgIpc) is 3.22. The summed E-state index contributed by atoms with van der Waals surface area (Å²) in [7, 11) is 0. The maximum atomic E-state index is 5.89. The van der Waals surface area contributed by atoms with Crippen LogP contribution >= 0.6 is 0 Å². The van der Waals surface area contributed by atoms with Crippen LogP contribution in [0, 0.1) is 0 Å². The molecule has 0 amide bonds. The minimum atomic E-state index is -0.0249. The maximum absolute atomic E-state index is 5.89. The molecule has 7 heteroatoms. The number of fused-ring (bicyclic) bond motifs is 1. The zero-order chi connectivity index (χ0) is 16.4. The van der Waals surface area contributed by atoms with Crippen molar-refractivity contribution in [3.05, 3.63) is 71.9 Å². The van der Waals surface area contributed by atoms with Gasteiger partial charge >= 0.3 is 0 Å². The molecule has 0 spiro atoms. The highest BCUT2D eigenvalue weighted by Crippen LogP contribution is 2.25. The fourth-order valence-corrected chi connectivity index (χ4v) is 2.66. The fourth-order valence-electron chi connectivity index (χ4n) is 2.66. The Morgan fingerprint density at radius 2 is 2.00 bits per heavy atom. The quantitative estimate of drug-likeness (QED) is 0.823. The van der Waals surface area contributed by atoms with Crippen LogP contribution in [0.15, 0.2) is 80.1 Å². The second-order valence-corrected chi connectivity index (χ2v) is 5.51. The van der Waals surface area contributed by atoms with Crippen LogP contribution in [0.1, 0.15) is 11.3 Å². The van der Waals surface area contributed by atoms with E-state index in [2.05, 4.69) is 32.6 Å². The van der Waals surface area contributed by atoms with Gasteiger partial charge in [-0.15, -0.1) is 5.43 Å². The van der Waals surface area contributed by atoms with Gasteiger partial charge in [-0.2, -0.15) is 9.98 Å². The van der Waals surface area contributed by atoms with E-state index >= 15 is 0 Å². The number of quaternary nitrogens is 1. The molecule has 1 aromatic heterocycles. The molecule has 3 N–H and O–H groups in total. The van der Waals surface area contributed by atoms with Gasteiger partial charge in [-0.3, -0.25) is 0 Å².